The van der Waals surface area contributed by atoms with Gasteiger partial charge in [0.05, 0.1) is 0 Å². The van der Waals surface area contributed by atoms with Crippen molar-refractivity contribution in [3.63, 3.8) is 0 Å². The van der Waals surface area contributed by atoms with Gasteiger partial charge in [-0.3, -0.25) is 4.79 Å². The van der Waals surface area contributed by atoms with Crippen LogP contribution < -0.4 is 11.1 Å². The van der Waals surface area contributed by atoms with E-state index < -0.39 is 0 Å². The summed E-state index contributed by atoms with van der Waals surface area (Å²) in [5.74, 6) is -0.547. The van der Waals surface area contributed by atoms with Crippen molar-refractivity contribution in [3.8, 4) is 0 Å². The van der Waals surface area contributed by atoms with Gasteiger partial charge in [0, 0.05) is 16.9 Å². The van der Waals surface area contributed by atoms with E-state index in [0.29, 0.717) is 22.5 Å². The number of hydrogen-bond acceptors (Lipinski definition) is 2. The van der Waals surface area contributed by atoms with Crippen LogP contribution in [-0.2, 0) is 0 Å². The number of halogens is 1. The first kappa shape index (κ1) is 13.1. The van der Waals surface area contributed by atoms with E-state index >= 15 is 0 Å². The van der Waals surface area contributed by atoms with Crippen LogP contribution in [-0.4, -0.2) is 5.91 Å². The van der Waals surface area contributed by atoms with Crippen LogP contribution in [0.1, 0.15) is 21.5 Å². The summed E-state index contributed by atoms with van der Waals surface area (Å²) in [7, 11) is 0. The van der Waals surface area contributed by atoms with Crippen molar-refractivity contribution in [2.45, 2.75) is 13.8 Å². The first-order valence-electron chi connectivity index (χ1n) is 5.91. The molecule has 2 aromatic rings. The second-order valence-corrected chi connectivity index (χ2v) is 4.49. The largest absolute Gasteiger partial charge is 0.399 e. The van der Waals surface area contributed by atoms with E-state index in [1.165, 1.54) is 12.1 Å². The number of nitrogens with one attached hydrogen (secondary N) is 1. The van der Waals surface area contributed by atoms with Gasteiger partial charge in [-0.2, -0.15) is 0 Å². The number of aryl methyl sites for hydroxylation is 2. The molecule has 1 amide bonds. The Morgan fingerprint density at radius 3 is 2.53 bits per heavy atom. The van der Waals surface area contributed by atoms with Crippen molar-refractivity contribution in [2.24, 2.45) is 0 Å². The smallest absolute Gasteiger partial charge is 0.256 e. The lowest BCUT2D eigenvalue weighted by Gasteiger charge is -2.09. The maximum atomic E-state index is 13.1. The van der Waals surface area contributed by atoms with Gasteiger partial charge in [0.15, 0.2) is 0 Å². The Morgan fingerprint density at radius 2 is 1.84 bits per heavy atom. The molecule has 0 radical (unpaired) electrons. The van der Waals surface area contributed by atoms with Crippen LogP contribution in [0.2, 0.25) is 0 Å². The van der Waals surface area contributed by atoms with E-state index in [2.05, 4.69) is 5.32 Å². The predicted molar refractivity (Wildman–Crippen MR) is 74.7 cm³/mol. The molecule has 0 aliphatic rings. The Bertz CT molecular complexity index is 638. The number of nitrogen functional groups attached to an aromatic ring is 1. The molecule has 0 aromatic heterocycles. The molecule has 3 N–H and O–H groups in total. The summed E-state index contributed by atoms with van der Waals surface area (Å²) in [5, 5.41) is 2.73. The number of amides is 1. The lowest BCUT2D eigenvalue weighted by Crippen LogP contribution is -2.14. The summed E-state index contributed by atoms with van der Waals surface area (Å²) in [6.07, 6.45) is 0. The topological polar surface area (TPSA) is 55.1 Å². The molecule has 0 spiro atoms. The summed E-state index contributed by atoms with van der Waals surface area (Å²) in [4.78, 5) is 12.1. The normalized spacial score (nSPS) is 10.3. The summed E-state index contributed by atoms with van der Waals surface area (Å²) >= 11 is 0. The number of nitrogens with two attached hydrogens (primary N) is 1. The third-order valence-electron chi connectivity index (χ3n) is 2.92. The van der Waals surface area contributed by atoms with Gasteiger partial charge >= 0.3 is 0 Å². The minimum absolute atomic E-state index is 0.254. The highest BCUT2D eigenvalue weighted by atomic mass is 19.1. The van der Waals surface area contributed by atoms with Crippen molar-refractivity contribution in [1.29, 1.82) is 0 Å². The first-order chi connectivity index (χ1) is 8.97. The third kappa shape index (κ3) is 2.91. The van der Waals surface area contributed by atoms with Gasteiger partial charge in [-0.1, -0.05) is 6.07 Å². The van der Waals surface area contributed by atoms with Crippen LogP contribution >= 0.6 is 0 Å². The first-order valence-corrected chi connectivity index (χ1v) is 5.91. The lowest BCUT2D eigenvalue weighted by atomic mass is 10.1. The summed E-state index contributed by atoms with van der Waals surface area (Å²) in [6.45, 7) is 3.49. The van der Waals surface area contributed by atoms with Crippen molar-refractivity contribution >= 4 is 17.3 Å². The number of rotatable bonds is 2. The third-order valence-corrected chi connectivity index (χ3v) is 2.92. The monoisotopic (exact) mass is 258 g/mol. The maximum Gasteiger partial charge on any atom is 0.256 e. The summed E-state index contributed by atoms with van der Waals surface area (Å²) in [6, 6.07) is 9.61. The number of carbonyl (C=O) groups excluding carboxylic acids is 1. The average Bonchev–Trinajstić information content (AvgIpc) is 2.36. The fraction of sp³-hybridized carbons (Fsp3) is 0.133. The Labute approximate surface area is 111 Å². The van der Waals surface area contributed by atoms with E-state index in [9.17, 15) is 9.18 Å². The molecule has 2 rings (SSSR count). The zero-order chi connectivity index (χ0) is 14.0. The van der Waals surface area contributed by atoms with Crippen LogP contribution in [0.3, 0.4) is 0 Å². The average molecular weight is 258 g/mol. The molecular formula is C15H15FN2O. The molecule has 4 heteroatoms. The van der Waals surface area contributed by atoms with Crippen molar-refractivity contribution in [1.82, 2.24) is 0 Å². The molecule has 0 aliphatic carbocycles. The molecule has 0 aliphatic heterocycles. The molecular weight excluding hydrogens is 243 g/mol. The number of anilines is 2. The van der Waals surface area contributed by atoms with E-state index in [-0.39, 0.29) is 11.7 Å². The number of carbonyl (C=O) groups is 1. The van der Waals surface area contributed by atoms with Gasteiger partial charge in [0.25, 0.3) is 5.91 Å². The zero-order valence-electron chi connectivity index (χ0n) is 10.8. The summed E-state index contributed by atoms with van der Waals surface area (Å²) < 4.78 is 13.1. The van der Waals surface area contributed by atoms with Gasteiger partial charge in [-0.15, -0.1) is 0 Å². The molecule has 0 saturated carbocycles. The lowest BCUT2D eigenvalue weighted by molar-refractivity contribution is 0.102. The molecule has 0 heterocycles. The van der Waals surface area contributed by atoms with Gasteiger partial charge in [0.2, 0.25) is 0 Å². The van der Waals surface area contributed by atoms with Gasteiger partial charge < -0.3 is 11.1 Å². The molecule has 3 nitrogen and oxygen atoms in total. The van der Waals surface area contributed by atoms with E-state index in [0.717, 1.165) is 5.56 Å². The maximum absolute atomic E-state index is 13.1. The zero-order valence-corrected chi connectivity index (χ0v) is 10.8. The molecule has 98 valence electrons. The van der Waals surface area contributed by atoms with Gasteiger partial charge in [0.1, 0.15) is 5.82 Å². The Morgan fingerprint density at radius 1 is 1.11 bits per heavy atom. The molecule has 0 bridgehead atoms. The van der Waals surface area contributed by atoms with Crippen LogP contribution in [0.5, 0.6) is 0 Å². The Hall–Kier alpha value is -2.36. The Kier molecular flexibility index (Phi) is 3.51. The van der Waals surface area contributed by atoms with Crippen LogP contribution in [0.15, 0.2) is 36.4 Å². The quantitative estimate of drug-likeness (QED) is 0.812. The standard InChI is InChI=1S/C15H15FN2O/c1-9-3-4-11(17)8-13(9)15(19)18-12-5-6-14(16)10(2)7-12/h3-8H,17H2,1-2H3,(H,18,19). The minimum atomic E-state index is -0.293. The van der Waals surface area contributed by atoms with E-state index in [1.807, 2.05) is 6.92 Å². The van der Waals surface area contributed by atoms with E-state index in [4.69, 9.17) is 5.73 Å². The molecule has 2 aromatic carbocycles. The number of benzene rings is 2. The van der Waals surface area contributed by atoms with Gasteiger partial charge in [-0.25, -0.2) is 4.39 Å². The second kappa shape index (κ2) is 5.10. The van der Waals surface area contributed by atoms with Crippen molar-refractivity contribution in [2.75, 3.05) is 11.1 Å². The highest BCUT2D eigenvalue weighted by molar-refractivity contribution is 6.05. The molecule has 0 saturated heterocycles. The molecule has 0 atom stereocenters. The van der Waals surface area contributed by atoms with Gasteiger partial charge in [-0.05, 0) is 55.3 Å². The minimum Gasteiger partial charge on any atom is -0.399 e. The fourth-order valence-electron chi connectivity index (χ4n) is 1.81. The second-order valence-electron chi connectivity index (χ2n) is 4.49. The molecule has 19 heavy (non-hydrogen) atoms. The van der Waals surface area contributed by atoms with E-state index in [1.54, 1.807) is 31.2 Å². The Balaban J connectivity index is 2.25. The highest BCUT2D eigenvalue weighted by Crippen LogP contribution is 2.17. The highest BCUT2D eigenvalue weighted by Gasteiger charge is 2.10. The molecule has 0 unspecified atom stereocenters. The predicted octanol–water partition coefficient (Wildman–Crippen LogP) is 3.28. The fourth-order valence-corrected chi connectivity index (χ4v) is 1.81. The summed E-state index contributed by atoms with van der Waals surface area (Å²) in [5.41, 5.74) is 8.61. The van der Waals surface area contributed by atoms with Crippen LogP contribution in [0.4, 0.5) is 15.8 Å². The molecule has 0 fully saturated rings. The SMILES string of the molecule is Cc1cc(NC(=O)c2cc(N)ccc2C)ccc1F. The van der Waals surface area contributed by atoms with Crippen LogP contribution in [0, 0.1) is 19.7 Å². The van der Waals surface area contributed by atoms with Crippen molar-refractivity contribution < 1.29 is 9.18 Å². The van der Waals surface area contributed by atoms with Crippen molar-refractivity contribution in [3.05, 3.63) is 58.9 Å². The van der Waals surface area contributed by atoms with Crippen LogP contribution in [0.25, 0.3) is 0 Å². The number of hydrogen-bond donors (Lipinski definition) is 2.